The van der Waals surface area contributed by atoms with Gasteiger partial charge in [-0.25, -0.2) is 10.5 Å². The molecule has 5 N–H and O–H groups in total. The minimum atomic E-state index is -1.09. The van der Waals surface area contributed by atoms with Gasteiger partial charge in [0.25, 0.3) is 5.69 Å². The number of carboxylic acids is 2. The lowest BCUT2D eigenvalue weighted by Crippen LogP contribution is -2.52. The number of nitrogens with one attached hydrogen (secondary N) is 1. The lowest BCUT2D eigenvalue weighted by molar-refractivity contribution is -0.384. The second kappa shape index (κ2) is 21.1. The van der Waals surface area contributed by atoms with Gasteiger partial charge in [0, 0.05) is 77.0 Å². The molecule has 1 amide bonds. The molecular formula is C30H44N6O13. The van der Waals surface area contributed by atoms with E-state index in [1.165, 1.54) is 24.3 Å². The Kier molecular flexibility index (Phi) is 17.3. The predicted octanol–water partition coefficient (Wildman–Crippen LogP) is 1.25. The fourth-order valence-electron chi connectivity index (χ4n) is 5.12. The SMILES string of the molecule is C=C(OO)N1CCN(CC(=O)O)CC(CCCCNC(=O)CCC(=O)Oc2ccc([N+](=O)[O-])cc2)N(CC(=O)O)CCN(C(=C)OO)CC1. The van der Waals surface area contributed by atoms with Gasteiger partial charge in [0.05, 0.1) is 24.4 Å². The van der Waals surface area contributed by atoms with Gasteiger partial charge in [-0.2, -0.15) is 0 Å². The number of esters is 1. The van der Waals surface area contributed by atoms with Crippen molar-refractivity contribution in [1.82, 2.24) is 24.9 Å². The van der Waals surface area contributed by atoms with E-state index in [9.17, 15) is 50.0 Å². The molecule has 19 nitrogen and oxygen atoms in total. The molecule has 2 rings (SSSR count). The molecule has 0 spiro atoms. The van der Waals surface area contributed by atoms with Gasteiger partial charge in [-0.05, 0) is 38.1 Å². The number of nitro groups is 1. The van der Waals surface area contributed by atoms with Crippen LogP contribution < -0.4 is 10.1 Å². The van der Waals surface area contributed by atoms with E-state index < -0.39 is 34.8 Å². The van der Waals surface area contributed by atoms with Crippen molar-refractivity contribution in [3.05, 3.63) is 59.3 Å². The van der Waals surface area contributed by atoms with E-state index in [0.29, 0.717) is 19.3 Å². The fraction of sp³-hybridized carbons (Fsp3) is 0.533. The monoisotopic (exact) mass is 696 g/mol. The van der Waals surface area contributed by atoms with E-state index >= 15 is 0 Å². The van der Waals surface area contributed by atoms with Gasteiger partial charge in [0.2, 0.25) is 17.7 Å². The second-order valence-electron chi connectivity index (χ2n) is 11.2. The van der Waals surface area contributed by atoms with Crippen LogP contribution in [0, 0.1) is 10.1 Å². The van der Waals surface area contributed by atoms with Gasteiger partial charge in [-0.3, -0.25) is 39.1 Å². The minimum absolute atomic E-state index is 0.0738. The van der Waals surface area contributed by atoms with Crippen LogP contribution in [0.5, 0.6) is 5.75 Å². The summed E-state index contributed by atoms with van der Waals surface area (Å²) in [6.07, 6.45) is 1.11. The Bertz CT molecular complexity index is 1300. The largest absolute Gasteiger partial charge is 0.480 e. The summed E-state index contributed by atoms with van der Waals surface area (Å²) in [6, 6.07) is 4.52. The Balaban J connectivity index is 2.02. The van der Waals surface area contributed by atoms with Gasteiger partial charge < -0.3 is 39.8 Å². The molecule has 1 atom stereocenters. The molecule has 272 valence electrons. The highest BCUT2D eigenvalue weighted by Crippen LogP contribution is 2.18. The first-order valence-corrected chi connectivity index (χ1v) is 15.4. The van der Waals surface area contributed by atoms with Crippen LogP contribution in [0.25, 0.3) is 0 Å². The highest BCUT2D eigenvalue weighted by atomic mass is 17.1. The number of nitro benzene ring substituents is 1. The van der Waals surface area contributed by atoms with E-state index in [0.717, 1.165) is 0 Å². The summed E-state index contributed by atoms with van der Waals surface area (Å²) in [6.45, 7) is 8.32. The summed E-state index contributed by atoms with van der Waals surface area (Å²) >= 11 is 0. The molecule has 1 aromatic carbocycles. The van der Waals surface area contributed by atoms with E-state index in [2.05, 4.69) is 28.2 Å². The zero-order valence-corrected chi connectivity index (χ0v) is 27.1. The maximum Gasteiger partial charge on any atom is 0.317 e. The highest BCUT2D eigenvalue weighted by molar-refractivity contribution is 5.82. The van der Waals surface area contributed by atoms with Crippen LogP contribution in [0.3, 0.4) is 0 Å². The van der Waals surface area contributed by atoms with E-state index in [1.807, 2.05) is 0 Å². The number of carbonyl (C=O) groups is 4. The van der Waals surface area contributed by atoms with Crippen molar-refractivity contribution in [2.75, 3.05) is 65.4 Å². The molecule has 1 aliphatic rings. The zero-order valence-electron chi connectivity index (χ0n) is 27.1. The van der Waals surface area contributed by atoms with Crippen LogP contribution in [-0.2, 0) is 29.0 Å². The molecule has 1 saturated heterocycles. The number of hydrogen-bond acceptors (Lipinski definition) is 15. The number of benzene rings is 1. The Morgan fingerprint density at radius 1 is 0.857 bits per heavy atom. The zero-order chi connectivity index (χ0) is 36.3. The van der Waals surface area contributed by atoms with E-state index in [4.69, 9.17) is 4.74 Å². The van der Waals surface area contributed by atoms with Crippen molar-refractivity contribution < 1.29 is 59.3 Å². The number of amides is 1. The summed E-state index contributed by atoms with van der Waals surface area (Å²) in [5.74, 6) is -3.29. The predicted molar refractivity (Wildman–Crippen MR) is 171 cm³/mol. The molecule has 1 aromatic rings. The molecule has 0 bridgehead atoms. The second-order valence-corrected chi connectivity index (χ2v) is 11.2. The van der Waals surface area contributed by atoms with Crippen LogP contribution in [0.4, 0.5) is 5.69 Å². The number of nitrogens with zero attached hydrogens (tertiary/aromatic N) is 5. The minimum Gasteiger partial charge on any atom is -0.480 e. The molecule has 0 saturated carbocycles. The van der Waals surface area contributed by atoms with Crippen molar-refractivity contribution in [2.24, 2.45) is 0 Å². The van der Waals surface area contributed by atoms with Crippen molar-refractivity contribution in [3.8, 4) is 5.75 Å². The van der Waals surface area contributed by atoms with Crippen LogP contribution in [0.2, 0.25) is 0 Å². The fourth-order valence-corrected chi connectivity index (χ4v) is 5.12. The van der Waals surface area contributed by atoms with Gasteiger partial charge in [0.1, 0.15) is 5.75 Å². The normalized spacial score (nSPS) is 16.4. The topological polar surface area (TPSA) is 245 Å². The van der Waals surface area contributed by atoms with E-state index in [1.54, 1.807) is 19.6 Å². The van der Waals surface area contributed by atoms with Gasteiger partial charge in [-0.1, -0.05) is 6.42 Å². The summed E-state index contributed by atoms with van der Waals surface area (Å²) < 4.78 is 5.10. The third kappa shape index (κ3) is 15.2. The van der Waals surface area contributed by atoms with Gasteiger partial charge in [-0.15, -0.1) is 0 Å². The molecule has 0 radical (unpaired) electrons. The molecule has 1 fully saturated rings. The number of rotatable bonds is 18. The number of unbranched alkanes of at least 4 members (excludes halogenated alkanes) is 1. The smallest absolute Gasteiger partial charge is 0.317 e. The quantitative estimate of drug-likeness (QED) is 0.0276. The third-order valence-corrected chi connectivity index (χ3v) is 7.70. The van der Waals surface area contributed by atoms with Crippen LogP contribution >= 0.6 is 0 Å². The molecule has 19 heteroatoms. The molecular weight excluding hydrogens is 652 g/mol. The molecule has 49 heavy (non-hydrogen) atoms. The summed E-state index contributed by atoms with van der Waals surface area (Å²) in [4.78, 5) is 73.4. The number of aliphatic carboxylic acids is 2. The average molecular weight is 697 g/mol. The first kappa shape index (κ1) is 40.2. The molecule has 1 unspecified atom stereocenters. The van der Waals surface area contributed by atoms with E-state index in [-0.39, 0.29) is 101 Å². The third-order valence-electron chi connectivity index (χ3n) is 7.70. The Labute approximate surface area is 282 Å². The Morgan fingerprint density at radius 2 is 1.43 bits per heavy atom. The summed E-state index contributed by atoms with van der Waals surface area (Å²) in [5, 5.41) is 51.2. The highest BCUT2D eigenvalue weighted by Gasteiger charge is 2.27. The van der Waals surface area contributed by atoms with Crippen molar-refractivity contribution in [1.29, 1.82) is 0 Å². The van der Waals surface area contributed by atoms with Crippen LogP contribution in [0.15, 0.2) is 49.2 Å². The molecule has 1 aliphatic heterocycles. The lowest BCUT2D eigenvalue weighted by atomic mass is 10.1. The summed E-state index contributed by atoms with van der Waals surface area (Å²) in [7, 11) is 0. The van der Waals surface area contributed by atoms with Crippen molar-refractivity contribution in [3.63, 3.8) is 0 Å². The standard InChI is InChI=1S/C30H44N6O13/c1-22(48-45)33-14-13-32(20-28(38)39)19-25(35(21-29(40)41)18-17-34(16-15-33)23(2)49-46)5-3-4-12-31-27(37)10-11-30(42)47-26-8-6-24(7-9-26)36(43)44/h6-9,25,45-46H,1-5,10-21H2,(H,31,37)(H,38,39)(H,40,41). The van der Waals surface area contributed by atoms with Crippen molar-refractivity contribution >= 4 is 29.5 Å². The molecule has 0 aliphatic carbocycles. The number of hydrogen-bond donors (Lipinski definition) is 5. The lowest BCUT2D eigenvalue weighted by Gasteiger charge is -2.38. The van der Waals surface area contributed by atoms with Crippen molar-refractivity contribution in [2.45, 2.75) is 38.1 Å². The number of carbonyl (C=O) groups excluding carboxylic acids is 2. The Morgan fingerprint density at radius 3 is 1.98 bits per heavy atom. The molecule has 0 aromatic heterocycles. The maximum absolute atomic E-state index is 12.3. The first-order valence-electron chi connectivity index (χ1n) is 15.4. The van der Waals surface area contributed by atoms with Gasteiger partial charge in [0.15, 0.2) is 0 Å². The molecule has 1 heterocycles. The maximum atomic E-state index is 12.3. The number of non-ortho nitro benzene ring substituents is 1. The van der Waals surface area contributed by atoms with Gasteiger partial charge >= 0.3 is 17.9 Å². The van der Waals surface area contributed by atoms with Crippen LogP contribution in [0.1, 0.15) is 32.1 Å². The summed E-state index contributed by atoms with van der Waals surface area (Å²) in [5.41, 5.74) is -0.156. The first-order chi connectivity index (χ1) is 23.3. The number of carboxylic acid groups (broad SMARTS) is 2. The Hall–Kier alpha value is -4.98. The number of ether oxygens (including phenoxy) is 1. The average Bonchev–Trinajstić information content (AvgIpc) is 3.05. The van der Waals surface area contributed by atoms with Crippen LogP contribution in [-0.4, -0.2) is 141 Å².